The van der Waals surface area contributed by atoms with E-state index in [0.717, 1.165) is 17.5 Å². The van der Waals surface area contributed by atoms with E-state index < -0.39 is 6.04 Å². The molecule has 1 amide bonds. The van der Waals surface area contributed by atoms with E-state index >= 15 is 0 Å². The number of aromatic nitrogens is 1. The lowest BCUT2D eigenvalue weighted by Gasteiger charge is -2.23. The first-order valence-electron chi connectivity index (χ1n) is 7.16. The minimum Gasteiger partial charge on any atom is -0.354 e. The van der Waals surface area contributed by atoms with Crippen molar-refractivity contribution in [2.24, 2.45) is 0 Å². The van der Waals surface area contributed by atoms with Crippen LogP contribution in [0.25, 0.3) is 0 Å². The van der Waals surface area contributed by atoms with Crippen molar-refractivity contribution in [1.82, 2.24) is 15.2 Å². The fourth-order valence-electron chi connectivity index (χ4n) is 2.31. The molecule has 4 nitrogen and oxygen atoms in total. The second kappa shape index (κ2) is 7.66. The molecule has 0 saturated carbocycles. The Morgan fingerprint density at radius 3 is 2.41 bits per heavy atom. The topological polar surface area (TPSA) is 45.2 Å². The highest BCUT2D eigenvalue weighted by Gasteiger charge is 2.22. The average Bonchev–Trinajstić information content (AvgIpc) is 2.50. The maximum Gasteiger partial charge on any atom is 0.241 e. The lowest BCUT2D eigenvalue weighted by atomic mass is 10.0. The van der Waals surface area contributed by atoms with E-state index in [-0.39, 0.29) is 11.7 Å². The Kier molecular flexibility index (Phi) is 5.61. The van der Waals surface area contributed by atoms with Gasteiger partial charge in [-0.05, 0) is 55.9 Å². The van der Waals surface area contributed by atoms with Crippen LogP contribution in [0.2, 0.25) is 0 Å². The van der Waals surface area contributed by atoms with Crippen molar-refractivity contribution in [3.8, 4) is 0 Å². The normalized spacial score (nSPS) is 12.2. The molecular formula is C17H20FN3O. The summed E-state index contributed by atoms with van der Waals surface area (Å²) in [6, 6.07) is 9.44. The second-order valence-electron chi connectivity index (χ2n) is 5.31. The third kappa shape index (κ3) is 4.36. The third-order valence-electron chi connectivity index (χ3n) is 3.41. The van der Waals surface area contributed by atoms with Crippen molar-refractivity contribution >= 4 is 5.91 Å². The molecule has 0 fully saturated rings. The van der Waals surface area contributed by atoms with Gasteiger partial charge in [-0.1, -0.05) is 12.1 Å². The SMILES string of the molecule is CN(C)C(C(=O)NCCc1ccncc1)c1ccc(F)cc1. The Morgan fingerprint density at radius 1 is 1.18 bits per heavy atom. The third-order valence-corrected chi connectivity index (χ3v) is 3.41. The van der Waals surface area contributed by atoms with Crippen LogP contribution in [0.4, 0.5) is 4.39 Å². The Balaban J connectivity index is 1.97. The summed E-state index contributed by atoms with van der Waals surface area (Å²) in [5, 5.41) is 2.93. The van der Waals surface area contributed by atoms with Gasteiger partial charge in [0.05, 0.1) is 0 Å². The van der Waals surface area contributed by atoms with Crippen LogP contribution < -0.4 is 5.32 Å². The minimum atomic E-state index is -0.432. The summed E-state index contributed by atoms with van der Waals surface area (Å²) < 4.78 is 13.0. The quantitative estimate of drug-likeness (QED) is 0.889. The van der Waals surface area contributed by atoms with Crippen LogP contribution in [0.5, 0.6) is 0 Å². The summed E-state index contributed by atoms with van der Waals surface area (Å²) in [5.74, 6) is -0.398. The summed E-state index contributed by atoms with van der Waals surface area (Å²) in [7, 11) is 3.66. The summed E-state index contributed by atoms with van der Waals surface area (Å²) in [6.45, 7) is 0.550. The molecule has 1 aromatic carbocycles. The number of hydrogen-bond donors (Lipinski definition) is 1. The van der Waals surface area contributed by atoms with Crippen molar-refractivity contribution in [2.75, 3.05) is 20.6 Å². The van der Waals surface area contributed by atoms with E-state index in [1.807, 2.05) is 31.1 Å². The zero-order valence-electron chi connectivity index (χ0n) is 12.8. The molecule has 0 aliphatic carbocycles. The lowest BCUT2D eigenvalue weighted by Crippen LogP contribution is -2.37. The molecule has 1 atom stereocenters. The van der Waals surface area contributed by atoms with Gasteiger partial charge in [0.2, 0.25) is 5.91 Å². The van der Waals surface area contributed by atoms with Crippen LogP contribution in [-0.4, -0.2) is 36.4 Å². The van der Waals surface area contributed by atoms with Crippen molar-refractivity contribution in [1.29, 1.82) is 0 Å². The first kappa shape index (κ1) is 16.1. The highest BCUT2D eigenvalue weighted by molar-refractivity contribution is 5.83. The predicted molar refractivity (Wildman–Crippen MR) is 83.8 cm³/mol. The van der Waals surface area contributed by atoms with Gasteiger partial charge in [0.25, 0.3) is 0 Å². The molecule has 116 valence electrons. The van der Waals surface area contributed by atoms with E-state index in [1.165, 1.54) is 12.1 Å². The fraction of sp³-hybridized carbons (Fsp3) is 0.294. The number of carbonyl (C=O) groups excluding carboxylic acids is 1. The zero-order chi connectivity index (χ0) is 15.9. The molecule has 0 spiro atoms. The van der Waals surface area contributed by atoms with E-state index in [4.69, 9.17) is 0 Å². The number of nitrogens with one attached hydrogen (secondary N) is 1. The maximum absolute atomic E-state index is 13.0. The van der Waals surface area contributed by atoms with Gasteiger partial charge in [-0.15, -0.1) is 0 Å². The van der Waals surface area contributed by atoms with Crippen molar-refractivity contribution in [3.63, 3.8) is 0 Å². The Bertz CT molecular complexity index is 599. The van der Waals surface area contributed by atoms with Crippen molar-refractivity contribution in [2.45, 2.75) is 12.5 Å². The number of halogens is 1. The highest BCUT2D eigenvalue weighted by Crippen LogP contribution is 2.18. The summed E-state index contributed by atoms with van der Waals surface area (Å²) in [4.78, 5) is 18.2. The van der Waals surface area contributed by atoms with Gasteiger partial charge in [-0.25, -0.2) is 4.39 Å². The molecule has 0 aliphatic heterocycles. The standard InChI is InChI=1S/C17H20FN3O/c1-21(2)16(14-3-5-15(18)6-4-14)17(22)20-12-9-13-7-10-19-11-8-13/h3-8,10-11,16H,9,12H2,1-2H3,(H,20,22). The molecule has 1 N–H and O–H groups in total. The van der Waals surface area contributed by atoms with Gasteiger partial charge in [-0.3, -0.25) is 14.7 Å². The summed E-state index contributed by atoms with van der Waals surface area (Å²) in [5.41, 5.74) is 1.89. The molecule has 1 unspecified atom stereocenters. The molecule has 0 bridgehead atoms. The van der Waals surface area contributed by atoms with E-state index in [2.05, 4.69) is 10.3 Å². The van der Waals surface area contributed by atoms with Gasteiger partial charge in [0, 0.05) is 18.9 Å². The number of nitrogens with zero attached hydrogens (tertiary/aromatic N) is 2. The van der Waals surface area contributed by atoms with E-state index in [1.54, 1.807) is 24.5 Å². The average molecular weight is 301 g/mol. The van der Waals surface area contributed by atoms with Crippen LogP contribution in [0, 0.1) is 5.82 Å². The number of carbonyl (C=O) groups is 1. The Hall–Kier alpha value is -2.27. The molecule has 22 heavy (non-hydrogen) atoms. The smallest absolute Gasteiger partial charge is 0.241 e. The molecule has 1 aromatic heterocycles. The number of hydrogen-bond acceptors (Lipinski definition) is 3. The van der Waals surface area contributed by atoms with Crippen molar-refractivity contribution in [3.05, 3.63) is 65.7 Å². The number of rotatable bonds is 6. The van der Waals surface area contributed by atoms with Crippen LogP contribution in [0.1, 0.15) is 17.2 Å². The zero-order valence-corrected chi connectivity index (χ0v) is 12.8. The first-order valence-corrected chi connectivity index (χ1v) is 7.16. The van der Waals surface area contributed by atoms with Crippen LogP contribution in [-0.2, 0) is 11.2 Å². The molecular weight excluding hydrogens is 281 g/mol. The summed E-state index contributed by atoms with van der Waals surface area (Å²) in [6.07, 6.45) is 4.22. The molecule has 0 saturated heterocycles. The van der Waals surface area contributed by atoms with Gasteiger partial charge in [0.15, 0.2) is 0 Å². The van der Waals surface area contributed by atoms with E-state index in [9.17, 15) is 9.18 Å². The minimum absolute atomic E-state index is 0.0920. The number of likely N-dealkylation sites (N-methyl/N-ethyl adjacent to an activating group) is 1. The number of amides is 1. The highest BCUT2D eigenvalue weighted by atomic mass is 19.1. The van der Waals surface area contributed by atoms with Crippen LogP contribution in [0.3, 0.4) is 0 Å². The van der Waals surface area contributed by atoms with Gasteiger partial charge < -0.3 is 5.32 Å². The largest absolute Gasteiger partial charge is 0.354 e. The monoisotopic (exact) mass is 301 g/mol. The van der Waals surface area contributed by atoms with E-state index in [0.29, 0.717) is 6.54 Å². The fourth-order valence-corrected chi connectivity index (χ4v) is 2.31. The lowest BCUT2D eigenvalue weighted by molar-refractivity contribution is -0.125. The first-order chi connectivity index (χ1) is 10.6. The molecule has 0 aliphatic rings. The Labute approximate surface area is 130 Å². The van der Waals surface area contributed by atoms with Crippen molar-refractivity contribution < 1.29 is 9.18 Å². The van der Waals surface area contributed by atoms with Crippen LogP contribution in [0.15, 0.2) is 48.8 Å². The summed E-state index contributed by atoms with van der Waals surface area (Å²) >= 11 is 0. The molecule has 2 aromatic rings. The molecule has 2 rings (SSSR count). The maximum atomic E-state index is 13.0. The molecule has 5 heteroatoms. The van der Waals surface area contributed by atoms with Gasteiger partial charge in [-0.2, -0.15) is 0 Å². The molecule has 1 heterocycles. The van der Waals surface area contributed by atoms with Gasteiger partial charge >= 0.3 is 0 Å². The molecule has 0 radical (unpaired) electrons. The van der Waals surface area contributed by atoms with Gasteiger partial charge in [0.1, 0.15) is 11.9 Å². The number of benzene rings is 1. The number of pyridine rings is 1. The Morgan fingerprint density at radius 2 is 1.82 bits per heavy atom. The van der Waals surface area contributed by atoms with Crippen LogP contribution >= 0.6 is 0 Å². The second-order valence-corrected chi connectivity index (χ2v) is 5.31. The predicted octanol–water partition coefficient (Wildman–Crippen LogP) is 2.18.